The number of hydrogen-bond acceptors (Lipinski definition) is 0. The summed E-state index contributed by atoms with van der Waals surface area (Å²) >= 11 is 0. The normalized spacial score (nSPS) is 10.5. The summed E-state index contributed by atoms with van der Waals surface area (Å²) in [5, 5.41) is 2.52. The van der Waals surface area contributed by atoms with E-state index in [1.165, 1.54) is 32.9 Å². The molecule has 0 spiro atoms. The van der Waals surface area contributed by atoms with Crippen LogP contribution in [0.15, 0.2) is 36.4 Å². The zero-order chi connectivity index (χ0) is 11.7. The van der Waals surface area contributed by atoms with Crippen LogP contribution in [0.4, 0.5) is 0 Å². The van der Waals surface area contributed by atoms with Crippen LogP contribution in [0.5, 0.6) is 0 Å². The highest BCUT2D eigenvalue weighted by Crippen LogP contribution is 2.26. The summed E-state index contributed by atoms with van der Waals surface area (Å²) in [6.07, 6.45) is 0. The molecule has 2 aromatic carbocycles. The smallest absolute Gasteiger partial charge is 0.00741 e. The highest BCUT2D eigenvalue weighted by atomic mass is 31.0. The first-order valence-electron chi connectivity index (χ1n) is 5.32. The van der Waals surface area contributed by atoms with Crippen molar-refractivity contribution in [2.24, 2.45) is 0 Å². The Morgan fingerprint density at radius 1 is 0.688 bits per heavy atom. The quantitative estimate of drug-likeness (QED) is 0.679. The van der Waals surface area contributed by atoms with Crippen LogP contribution in [0.25, 0.3) is 11.1 Å². The second-order valence-corrected chi connectivity index (χ2v) is 5.32. The van der Waals surface area contributed by atoms with Crippen molar-refractivity contribution >= 4 is 29.1 Å². The molecule has 0 bridgehead atoms. The molecule has 2 atom stereocenters. The first-order chi connectivity index (χ1) is 7.61. The van der Waals surface area contributed by atoms with Crippen LogP contribution in [0.3, 0.4) is 0 Å². The molecule has 0 radical (unpaired) electrons. The van der Waals surface area contributed by atoms with Gasteiger partial charge in [0.05, 0.1) is 0 Å². The molecule has 2 rings (SSSR count). The van der Waals surface area contributed by atoms with Crippen LogP contribution < -0.4 is 10.6 Å². The SMILES string of the molecule is Cc1cccc(P)c1-c1c(C)cccc1P. The van der Waals surface area contributed by atoms with Gasteiger partial charge in [0.1, 0.15) is 0 Å². The predicted octanol–water partition coefficient (Wildman–Crippen LogP) is 2.97. The second kappa shape index (κ2) is 4.66. The van der Waals surface area contributed by atoms with Gasteiger partial charge in [-0.3, -0.25) is 0 Å². The van der Waals surface area contributed by atoms with Crippen LogP contribution in [0, 0.1) is 13.8 Å². The number of hydrogen-bond donors (Lipinski definition) is 0. The van der Waals surface area contributed by atoms with Crippen LogP contribution in [-0.2, 0) is 0 Å². The molecule has 2 aromatic rings. The minimum Gasteiger partial charge on any atom is -0.105 e. The number of aryl methyl sites for hydroxylation is 2. The fourth-order valence-electron chi connectivity index (χ4n) is 2.06. The minimum absolute atomic E-state index is 1.26. The van der Waals surface area contributed by atoms with Gasteiger partial charge >= 0.3 is 0 Å². The lowest BCUT2D eigenvalue weighted by Crippen LogP contribution is -2.07. The fourth-order valence-corrected chi connectivity index (χ4v) is 3.03. The highest BCUT2D eigenvalue weighted by Gasteiger charge is 2.10. The van der Waals surface area contributed by atoms with E-state index < -0.39 is 0 Å². The molecule has 16 heavy (non-hydrogen) atoms. The van der Waals surface area contributed by atoms with E-state index in [-0.39, 0.29) is 0 Å². The van der Waals surface area contributed by atoms with Crippen LogP contribution in [0.1, 0.15) is 11.1 Å². The van der Waals surface area contributed by atoms with Gasteiger partial charge in [-0.05, 0) is 46.7 Å². The molecule has 0 N–H and O–H groups in total. The summed E-state index contributed by atoms with van der Waals surface area (Å²) in [6, 6.07) is 12.8. The Labute approximate surface area is 102 Å². The van der Waals surface area contributed by atoms with E-state index in [4.69, 9.17) is 0 Å². The molecule has 2 heteroatoms. The Morgan fingerprint density at radius 3 is 1.38 bits per heavy atom. The lowest BCUT2D eigenvalue weighted by Gasteiger charge is -2.14. The van der Waals surface area contributed by atoms with Gasteiger partial charge in [-0.25, -0.2) is 0 Å². The van der Waals surface area contributed by atoms with Gasteiger partial charge in [0.15, 0.2) is 0 Å². The van der Waals surface area contributed by atoms with Gasteiger partial charge < -0.3 is 0 Å². The summed E-state index contributed by atoms with van der Waals surface area (Å²) in [7, 11) is 5.66. The standard InChI is InChI=1S/C14H16P2/c1-9-5-3-7-11(15)13(9)14-10(2)6-4-8-12(14)16/h3-8H,15-16H2,1-2H3. The van der Waals surface area contributed by atoms with Gasteiger partial charge in [0.2, 0.25) is 0 Å². The summed E-state index contributed by atoms with van der Waals surface area (Å²) in [6.45, 7) is 4.33. The maximum Gasteiger partial charge on any atom is -0.00741 e. The zero-order valence-electron chi connectivity index (χ0n) is 9.62. The zero-order valence-corrected chi connectivity index (χ0v) is 11.9. The third kappa shape index (κ3) is 2.05. The summed E-state index contributed by atoms with van der Waals surface area (Å²) in [5.41, 5.74) is 5.34. The van der Waals surface area contributed by atoms with Crippen molar-refractivity contribution in [1.82, 2.24) is 0 Å². The molecule has 0 aliphatic heterocycles. The molecule has 0 fully saturated rings. The Bertz CT molecular complexity index is 440. The van der Waals surface area contributed by atoms with Gasteiger partial charge in [-0.2, -0.15) is 0 Å². The molecule has 82 valence electrons. The van der Waals surface area contributed by atoms with Crippen LogP contribution >= 0.6 is 18.5 Å². The van der Waals surface area contributed by atoms with E-state index in [0.29, 0.717) is 0 Å². The van der Waals surface area contributed by atoms with Crippen molar-refractivity contribution in [3.8, 4) is 11.1 Å². The maximum atomic E-state index is 2.83. The third-order valence-electron chi connectivity index (χ3n) is 2.86. The Hall–Kier alpha value is -0.700. The third-order valence-corrected chi connectivity index (χ3v) is 3.82. The Kier molecular flexibility index (Phi) is 3.43. The van der Waals surface area contributed by atoms with Crippen LogP contribution in [-0.4, -0.2) is 0 Å². The van der Waals surface area contributed by atoms with Gasteiger partial charge in [-0.15, -0.1) is 18.5 Å². The van der Waals surface area contributed by atoms with E-state index in [9.17, 15) is 0 Å². The van der Waals surface area contributed by atoms with Gasteiger partial charge in [0.25, 0.3) is 0 Å². The van der Waals surface area contributed by atoms with E-state index in [1.54, 1.807) is 0 Å². The largest absolute Gasteiger partial charge is 0.105 e. The molecular formula is C14H16P2. The first kappa shape index (κ1) is 11.8. The number of rotatable bonds is 1. The van der Waals surface area contributed by atoms with Crippen molar-refractivity contribution in [3.63, 3.8) is 0 Å². The monoisotopic (exact) mass is 246 g/mol. The van der Waals surface area contributed by atoms with Crippen molar-refractivity contribution in [3.05, 3.63) is 47.5 Å². The van der Waals surface area contributed by atoms with Crippen molar-refractivity contribution in [2.75, 3.05) is 0 Å². The molecule has 0 saturated carbocycles. The first-order valence-corrected chi connectivity index (χ1v) is 6.47. The van der Waals surface area contributed by atoms with Crippen molar-refractivity contribution in [2.45, 2.75) is 13.8 Å². The summed E-state index contributed by atoms with van der Waals surface area (Å²) in [5.74, 6) is 0. The molecule has 0 aromatic heterocycles. The minimum atomic E-state index is 1.26. The lowest BCUT2D eigenvalue weighted by molar-refractivity contribution is 1.44. The molecule has 0 saturated heterocycles. The van der Waals surface area contributed by atoms with Crippen molar-refractivity contribution < 1.29 is 0 Å². The molecule has 0 aliphatic carbocycles. The molecular weight excluding hydrogens is 230 g/mol. The summed E-state index contributed by atoms with van der Waals surface area (Å²) < 4.78 is 0. The average Bonchev–Trinajstić information content (AvgIpc) is 2.21. The second-order valence-electron chi connectivity index (χ2n) is 4.08. The molecule has 0 heterocycles. The van der Waals surface area contributed by atoms with E-state index in [0.717, 1.165) is 0 Å². The van der Waals surface area contributed by atoms with Crippen LogP contribution in [0.2, 0.25) is 0 Å². The molecule has 0 nitrogen and oxygen atoms in total. The van der Waals surface area contributed by atoms with E-state index in [1.807, 2.05) is 0 Å². The van der Waals surface area contributed by atoms with E-state index >= 15 is 0 Å². The van der Waals surface area contributed by atoms with Gasteiger partial charge in [0, 0.05) is 0 Å². The van der Waals surface area contributed by atoms with Gasteiger partial charge in [-0.1, -0.05) is 36.4 Å². The average molecular weight is 246 g/mol. The molecule has 0 aliphatic rings. The topological polar surface area (TPSA) is 0 Å². The fraction of sp³-hybridized carbons (Fsp3) is 0.143. The van der Waals surface area contributed by atoms with Crippen molar-refractivity contribution in [1.29, 1.82) is 0 Å². The maximum absolute atomic E-state index is 2.83. The lowest BCUT2D eigenvalue weighted by atomic mass is 9.96. The summed E-state index contributed by atoms with van der Waals surface area (Å²) in [4.78, 5) is 0. The highest BCUT2D eigenvalue weighted by molar-refractivity contribution is 7.29. The Morgan fingerprint density at radius 2 is 1.06 bits per heavy atom. The van der Waals surface area contributed by atoms with E-state index in [2.05, 4.69) is 68.7 Å². The Balaban J connectivity index is 2.77. The predicted molar refractivity (Wildman–Crippen MR) is 80.0 cm³/mol. The molecule has 2 unspecified atom stereocenters. The number of benzene rings is 2. The molecule has 0 amide bonds.